The lowest BCUT2D eigenvalue weighted by Crippen LogP contribution is -2.12. The molecule has 1 amide bonds. The smallest absolute Gasteiger partial charge is 0.224 e. The van der Waals surface area contributed by atoms with Gasteiger partial charge in [0, 0.05) is 12.1 Å². The van der Waals surface area contributed by atoms with Crippen LogP contribution in [0.25, 0.3) is 0 Å². The van der Waals surface area contributed by atoms with Gasteiger partial charge in [0.2, 0.25) is 5.91 Å². The van der Waals surface area contributed by atoms with Crippen molar-refractivity contribution in [1.82, 2.24) is 0 Å². The molecule has 0 saturated heterocycles. The Hall–Kier alpha value is -2.61. The fourth-order valence-corrected chi connectivity index (χ4v) is 2.96. The Balaban J connectivity index is 2.06. The number of hydrogen-bond acceptors (Lipinski definition) is 1. The highest BCUT2D eigenvalue weighted by molar-refractivity contribution is 5.92. The van der Waals surface area contributed by atoms with Gasteiger partial charge in [-0.15, -0.1) is 0 Å². The van der Waals surface area contributed by atoms with Crippen molar-refractivity contribution in [2.45, 2.75) is 72.1 Å². The second-order valence-corrected chi connectivity index (χ2v) is 7.42. The monoisotopic (exact) mass is 405 g/mol. The van der Waals surface area contributed by atoms with Crippen LogP contribution in [0.2, 0.25) is 0 Å². The number of carbonyl (C=O) groups excluding carboxylic acids is 1. The molecule has 1 aromatic rings. The second-order valence-electron chi connectivity index (χ2n) is 7.42. The maximum atomic E-state index is 12.1. The average molecular weight is 406 g/mol. The molecular weight excluding hydrogens is 366 g/mol. The van der Waals surface area contributed by atoms with Crippen LogP contribution in [0.4, 0.5) is 5.69 Å². The minimum absolute atomic E-state index is 0.0970. The molecule has 0 bridgehead atoms. The van der Waals surface area contributed by atoms with Crippen LogP contribution in [-0.2, 0) is 4.79 Å². The number of nitrogens with one attached hydrogen (secondary N) is 1. The van der Waals surface area contributed by atoms with Crippen molar-refractivity contribution in [2.24, 2.45) is 0 Å². The summed E-state index contributed by atoms with van der Waals surface area (Å²) in [7, 11) is 0. The number of benzene rings is 1. The van der Waals surface area contributed by atoms with E-state index in [1.54, 1.807) is 0 Å². The van der Waals surface area contributed by atoms with E-state index in [0.29, 0.717) is 6.42 Å². The largest absolute Gasteiger partial charge is 0.326 e. The van der Waals surface area contributed by atoms with Crippen molar-refractivity contribution >= 4 is 11.6 Å². The van der Waals surface area contributed by atoms with Crippen molar-refractivity contribution in [2.75, 3.05) is 5.32 Å². The van der Waals surface area contributed by atoms with Crippen LogP contribution in [0.1, 0.15) is 69.4 Å². The number of aryl methyl sites for hydroxylation is 2. The van der Waals surface area contributed by atoms with E-state index in [2.05, 4.69) is 73.0 Å². The Labute approximate surface area is 184 Å². The van der Waals surface area contributed by atoms with Gasteiger partial charge in [0.05, 0.1) is 0 Å². The van der Waals surface area contributed by atoms with E-state index in [1.165, 1.54) is 0 Å². The Morgan fingerprint density at radius 1 is 0.767 bits per heavy atom. The summed E-state index contributed by atoms with van der Waals surface area (Å²) < 4.78 is 0. The van der Waals surface area contributed by atoms with E-state index in [-0.39, 0.29) is 5.91 Å². The average Bonchev–Trinajstić information content (AvgIpc) is 2.73. The van der Waals surface area contributed by atoms with E-state index >= 15 is 0 Å². The molecule has 0 atom stereocenters. The van der Waals surface area contributed by atoms with Gasteiger partial charge in [-0.1, -0.05) is 85.9 Å². The predicted molar refractivity (Wildman–Crippen MR) is 133 cm³/mol. The van der Waals surface area contributed by atoms with Crippen LogP contribution in [-0.4, -0.2) is 5.91 Å². The van der Waals surface area contributed by atoms with Crippen LogP contribution in [0.5, 0.6) is 0 Å². The van der Waals surface area contributed by atoms with Crippen molar-refractivity contribution < 1.29 is 4.79 Å². The zero-order valence-electron chi connectivity index (χ0n) is 19.1. The standard InChI is InChI=1S/C28H39NO/c1-4-5-6-7-8-9-10-11-12-13-14-15-16-17-18-19-20-24-27(30)29-28-25(2)22-21-23-26(28)3/h5-6,8-9,11-12,14-15,17-18,21-23H,4,7,10,13,16,19-20,24H2,1-3H3,(H,29,30). The summed E-state index contributed by atoms with van der Waals surface area (Å²) in [6.07, 6.45) is 29.4. The number of rotatable bonds is 14. The first-order valence-corrected chi connectivity index (χ1v) is 11.3. The predicted octanol–water partition coefficient (Wildman–Crippen LogP) is 8.16. The first-order valence-electron chi connectivity index (χ1n) is 11.3. The lowest BCUT2D eigenvalue weighted by molar-refractivity contribution is -0.116. The molecule has 0 unspecified atom stereocenters. The molecule has 0 saturated carbocycles. The van der Waals surface area contributed by atoms with Crippen molar-refractivity contribution in [3.05, 3.63) is 90.1 Å². The molecule has 1 rings (SSSR count). The molecule has 0 spiro atoms. The summed E-state index contributed by atoms with van der Waals surface area (Å²) >= 11 is 0. The van der Waals surface area contributed by atoms with Crippen molar-refractivity contribution in [3.8, 4) is 0 Å². The molecule has 162 valence electrons. The lowest BCUT2D eigenvalue weighted by atomic mass is 10.1. The number of unbranched alkanes of at least 4 members (excludes halogenated alkanes) is 1. The second kappa shape index (κ2) is 17.3. The Kier molecular flexibility index (Phi) is 14.6. The zero-order chi connectivity index (χ0) is 21.9. The minimum Gasteiger partial charge on any atom is -0.326 e. The number of para-hydroxylation sites is 1. The summed E-state index contributed by atoms with van der Waals surface area (Å²) in [4.78, 5) is 12.1. The number of anilines is 1. The number of amides is 1. The third-order valence-electron chi connectivity index (χ3n) is 4.68. The third kappa shape index (κ3) is 12.8. The van der Waals surface area contributed by atoms with E-state index < -0.39 is 0 Å². The summed E-state index contributed by atoms with van der Waals surface area (Å²) in [5.41, 5.74) is 3.18. The van der Waals surface area contributed by atoms with Crippen molar-refractivity contribution in [1.29, 1.82) is 0 Å². The fourth-order valence-electron chi connectivity index (χ4n) is 2.96. The molecule has 0 fully saturated rings. The highest BCUT2D eigenvalue weighted by Crippen LogP contribution is 2.19. The first kappa shape index (κ1) is 25.4. The molecule has 0 aliphatic carbocycles. The van der Waals surface area contributed by atoms with Crippen LogP contribution in [0.3, 0.4) is 0 Å². The summed E-state index contributed by atoms with van der Waals surface area (Å²) in [5, 5.41) is 3.05. The van der Waals surface area contributed by atoms with Crippen LogP contribution >= 0.6 is 0 Å². The fraction of sp³-hybridized carbons (Fsp3) is 0.393. The number of allylic oxidation sites excluding steroid dienone is 10. The maximum Gasteiger partial charge on any atom is 0.224 e. The van der Waals surface area contributed by atoms with Gasteiger partial charge >= 0.3 is 0 Å². The molecule has 2 nitrogen and oxygen atoms in total. The highest BCUT2D eigenvalue weighted by Gasteiger charge is 2.06. The van der Waals surface area contributed by atoms with Gasteiger partial charge in [-0.3, -0.25) is 4.79 Å². The summed E-state index contributed by atoms with van der Waals surface area (Å²) in [6, 6.07) is 6.07. The normalized spacial score (nSPS) is 12.4. The molecule has 1 N–H and O–H groups in total. The topological polar surface area (TPSA) is 29.1 Å². The number of hydrogen-bond donors (Lipinski definition) is 1. The highest BCUT2D eigenvalue weighted by atomic mass is 16.1. The molecule has 0 aliphatic heterocycles. The zero-order valence-corrected chi connectivity index (χ0v) is 19.1. The van der Waals surface area contributed by atoms with Crippen LogP contribution in [0.15, 0.2) is 79.0 Å². The molecule has 0 heterocycles. The Morgan fingerprint density at radius 2 is 1.23 bits per heavy atom. The van der Waals surface area contributed by atoms with Crippen LogP contribution in [0, 0.1) is 13.8 Å². The molecule has 30 heavy (non-hydrogen) atoms. The lowest BCUT2D eigenvalue weighted by Gasteiger charge is -2.11. The molecule has 0 aromatic heterocycles. The van der Waals surface area contributed by atoms with Gasteiger partial charge in [0.15, 0.2) is 0 Å². The van der Waals surface area contributed by atoms with Gasteiger partial charge < -0.3 is 5.32 Å². The van der Waals surface area contributed by atoms with E-state index in [4.69, 9.17) is 0 Å². The van der Waals surface area contributed by atoms with Gasteiger partial charge in [0.25, 0.3) is 0 Å². The molecule has 1 aromatic carbocycles. The van der Waals surface area contributed by atoms with Gasteiger partial charge in [-0.05, 0) is 69.9 Å². The molecular formula is C28H39NO. The SMILES string of the molecule is CCC=CCC=CCC=CCC=CCC=CCCCC(=O)Nc1c(C)cccc1C. The van der Waals surface area contributed by atoms with E-state index in [1.807, 2.05) is 32.0 Å². The Bertz CT molecular complexity index is 730. The van der Waals surface area contributed by atoms with Gasteiger partial charge in [-0.25, -0.2) is 0 Å². The van der Waals surface area contributed by atoms with Gasteiger partial charge in [0.1, 0.15) is 0 Å². The molecule has 0 radical (unpaired) electrons. The van der Waals surface area contributed by atoms with Crippen molar-refractivity contribution in [3.63, 3.8) is 0 Å². The maximum absolute atomic E-state index is 12.1. The minimum atomic E-state index is 0.0970. The molecule has 0 aliphatic rings. The van der Waals surface area contributed by atoms with E-state index in [0.717, 1.165) is 61.8 Å². The molecule has 2 heteroatoms. The Morgan fingerprint density at radius 3 is 1.73 bits per heavy atom. The summed E-state index contributed by atoms with van der Waals surface area (Å²) in [6.45, 7) is 6.21. The van der Waals surface area contributed by atoms with Gasteiger partial charge in [-0.2, -0.15) is 0 Å². The first-order chi connectivity index (χ1) is 14.6. The van der Waals surface area contributed by atoms with E-state index in [9.17, 15) is 4.79 Å². The quantitative estimate of drug-likeness (QED) is 0.245. The van der Waals surface area contributed by atoms with Crippen LogP contribution < -0.4 is 5.32 Å². The number of carbonyl (C=O) groups is 1. The third-order valence-corrected chi connectivity index (χ3v) is 4.68. The summed E-state index contributed by atoms with van der Waals surface area (Å²) in [5.74, 6) is 0.0970.